The summed E-state index contributed by atoms with van der Waals surface area (Å²) in [5.41, 5.74) is 7.21. The minimum atomic E-state index is -0.292. The molecule has 0 bridgehead atoms. The molecule has 3 N–H and O–H groups in total. The molecule has 0 saturated heterocycles. The van der Waals surface area contributed by atoms with Crippen LogP contribution < -0.4 is 16.1 Å². The Morgan fingerprint density at radius 2 is 1.95 bits per heavy atom. The fourth-order valence-corrected chi connectivity index (χ4v) is 2.11. The Morgan fingerprint density at radius 1 is 1.24 bits per heavy atom. The predicted molar refractivity (Wildman–Crippen MR) is 83.4 cm³/mol. The number of nitrogens with two attached hydrogens (primary N) is 1. The molecule has 0 aliphatic heterocycles. The molecule has 0 radical (unpaired) electrons. The molecule has 0 unspecified atom stereocenters. The molecule has 0 saturated carbocycles. The molecule has 1 heterocycles. The van der Waals surface area contributed by atoms with Gasteiger partial charge in [-0.25, -0.2) is 0 Å². The van der Waals surface area contributed by atoms with Crippen molar-refractivity contribution in [1.29, 1.82) is 0 Å². The van der Waals surface area contributed by atoms with Crippen LogP contribution in [0.15, 0.2) is 47.5 Å². The molecule has 0 spiro atoms. The molecule has 21 heavy (non-hydrogen) atoms. The van der Waals surface area contributed by atoms with Crippen molar-refractivity contribution in [2.75, 3.05) is 11.4 Å². The number of anilines is 1. The minimum absolute atomic E-state index is 0.147. The van der Waals surface area contributed by atoms with Gasteiger partial charge in [-0.15, -0.1) is 0 Å². The van der Waals surface area contributed by atoms with Crippen molar-refractivity contribution in [1.82, 2.24) is 4.98 Å². The quantitative estimate of drug-likeness (QED) is 0.880. The second-order valence-electron chi connectivity index (χ2n) is 4.75. The van der Waals surface area contributed by atoms with E-state index in [4.69, 9.17) is 5.73 Å². The zero-order valence-electron chi connectivity index (χ0n) is 12.0. The molecule has 5 nitrogen and oxygen atoms in total. The van der Waals surface area contributed by atoms with Gasteiger partial charge in [-0.1, -0.05) is 19.1 Å². The number of nitrogens with one attached hydrogen (secondary N) is 1. The Balaban J connectivity index is 2.36. The van der Waals surface area contributed by atoms with Gasteiger partial charge in [-0.05, 0) is 24.1 Å². The molecular weight excluding hydrogens is 266 g/mol. The van der Waals surface area contributed by atoms with E-state index in [0.717, 1.165) is 17.7 Å². The SMILES string of the molecule is CCCN(C(=O)c1c[nH]ccc1=O)c1ccc(CN)cc1. The summed E-state index contributed by atoms with van der Waals surface area (Å²) in [6.07, 6.45) is 3.76. The van der Waals surface area contributed by atoms with E-state index in [1.54, 1.807) is 4.90 Å². The zero-order valence-corrected chi connectivity index (χ0v) is 12.0. The van der Waals surface area contributed by atoms with Gasteiger partial charge in [0.05, 0.1) is 0 Å². The topological polar surface area (TPSA) is 79.2 Å². The molecule has 0 atom stereocenters. The Labute approximate surface area is 123 Å². The Kier molecular flexibility index (Phi) is 4.90. The molecular formula is C16H19N3O2. The van der Waals surface area contributed by atoms with Crippen molar-refractivity contribution in [3.05, 3.63) is 64.1 Å². The molecule has 0 aliphatic rings. The lowest BCUT2D eigenvalue weighted by Gasteiger charge is -2.22. The Hall–Kier alpha value is -2.40. The largest absolute Gasteiger partial charge is 0.367 e. The Bertz CT molecular complexity index is 662. The number of carbonyl (C=O) groups excluding carboxylic acids is 1. The first-order valence-electron chi connectivity index (χ1n) is 6.95. The second-order valence-corrected chi connectivity index (χ2v) is 4.75. The minimum Gasteiger partial charge on any atom is -0.367 e. The van der Waals surface area contributed by atoms with E-state index in [9.17, 15) is 9.59 Å². The van der Waals surface area contributed by atoms with Crippen molar-refractivity contribution < 1.29 is 4.79 Å². The fourth-order valence-electron chi connectivity index (χ4n) is 2.11. The number of aromatic amines is 1. The highest BCUT2D eigenvalue weighted by atomic mass is 16.2. The maximum atomic E-state index is 12.6. The lowest BCUT2D eigenvalue weighted by atomic mass is 10.1. The van der Waals surface area contributed by atoms with Crippen LogP contribution in [0.1, 0.15) is 29.3 Å². The standard InChI is InChI=1S/C16H19N3O2/c1-2-9-19(13-5-3-12(10-17)4-6-13)16(21)14-11-18-8-7-15(14)20/h3-8,11H,2,9-10,17H2,1H3,(H,18,20). The van der Waals surface area contributed by atoms with Crippen molar-refractivity contribution in [2.45, 2.75) is 19.9 Å². The molecule has 0 aliphatic carbocycles. The highest BCUT2D eigenvalue weighted by Gasteiger charge is 2.19. The normalized spacial score (nSPS) is 10.4. The van der Waals surface area contributed by atoms with Gasteiger partial charge >= 0.3 is 0 Å². The first-order chi connectivity index (χ1) is 10.2. The summed E-state index contributed by atoms with van der Waals surface area (Å²) in [5.74, 6) is -0.292. The summed E-state index contributed by atoms with van der Waals surface area (Å²) in [6, 6.07) is 8.84. The molecule has 1 aromatic carbocycles. The highest BCUT2D eigenvalue weighted by molar-refractivity contribution is 6.05. The van der Waals surface area contributed by atoms with Crippen LogP contribution in [-0.2, 0) is 6.54 Å². The fraction of sp³-hybridized carbons (Fsp3) is 0.250. The smallest absolute Gasteiger partial charge is 0.263 e. The second kappa shape index (κ2) is 6.85. The molecule has 1 aromatic heterocycles. The van der Waals surface area contributed by atoms with Crippen molar-refractivity contribution >= 4 is 11.6 Å². The third-order valence-corrected chi connectivity index (χ3v) is 3.23. The third-order valence-electron chi connectivity index (χ3n) is 3.23. The van der Waals surface area contributed by atoms with Crippen LogP contribution in [-0.4, -0.2) is 17.4 Å². The monoisotopic (exact) mass is 285 g/mol. The number of H-pyrrole nitrogens is 1. The summed E-state index contributed by atoms with van der Waals surface area (Å²) in [6.45, 7) is 3.00. The number of nitrogens with zero attached hydrogens (tertiary/aromatic N) is 1. The van der Waals surface area contributed by atoms with E-state index in [1.165, 1.54) is 18.5 Å². The zero-order chi connectivity index (χ0) is 15.2. The van der Waals surface area contributed by atoms with E-state index in [0.29, 0.717) is 13.1 Å². The number of rotatable bonds is 5. The van der Waals surface area contributed by atoms with Crippen molar-refractivity contribution in [3.8, 4) is 0 Å². The molecule has 5 heteroatoms. The first kappa shape index (κ1) is 15.0. The maximum absolute atomic E-state index is 12.6. The van der Waals surface area contributed by atoms with Gasteiger partial charge in [0.15, 0.2) is 5.43 Å². The van der Waals surface area contributed by atoms with E-state index in [2.05, 4.69) is 4.98 Å². The highest BCUT2D eigenvalue weighted by Crippen LogP contribution is 2.17. The van der Waals surface area contributed by atoms with Crippen LogP contribution in [0.3, 0.4) is 0 Å². The number of amides is 1. The summed E-state index contributed by atoms with van der Waals surface area (Å²) in [7, 11) is 0. The summed E-state index contributed by atoms with van der Waals surface area (Å²) in [5, 5.41) is 0. The maximum Gasteiger partial charge on any atom is 0.263 e. The molecule has 2 aromatic rings. The predicted octanol–water partition coefficient (Wildman–Crippen LogP) is 1.89. The van der Waals surface area contributed by atoms with Gasteiger partial charge in [0, 0.05) is 37.2 Å². The van der Waals surface area contributed by atoms with Crippen LogP contribution in [0.2, 0.25) is 0 Å². The van der Waals surface area contributed by atoms with Crippen LogP contribution in [0, 0.1) is 0 Å². The average molecular weight is 285 g/mol. The summed E-state index contributed by atoms with van der Waals surface area (Å²) in [4.78, 5) is 28.8. The Morgan fingerprint density at radius 3 is 2.52 bits per heavy atom. The summed E-state index contributed by atoms with van der Waals surface area (Å²) >= 11 is 0. The first-order valence-corrected chi connectivity index (χ1v) is 6.95. The number of hydrogen-bond acceptors (Lipinski definition) is 3. The van der Waals surface area contributed by atoms with Crippen molar-refractivity contribution in [3.63, 3.8) is 0 Å². The van der Waals surface area contributed by atoms with Crippen LogP contribution in [0.4, 0.5) is 5.69 Å². The molecule has 110 valence electrons. The van der Waals surface area contributed by atoms with E-state index < -0.39 is 0 Å². The summed E-state index contributed by atoms with van der Waals surface area (Å²) < 4.78 is 0. The molecule has 0 fully saturated rings. The number of hydrogen-bond donors (Lipinski definition) is 2. The van der Waals surface area contributed by atoms with E-state index >= 15 is 0 Å². The van der Waals surface area contributed by atoms with E-state index in [-0.39, 0.29) is 16.9 Å². The van der Waals surface area contributed by atoms with Gasteiger partial charge in [0.1, 0.15) is 5.56 Å². The number of carbonyl (C=O) groups is 1. The van der Waals surface area contributed by atoms with Gasteiger partial charge in [0.2, 0.25) is 0 Å². The average Bonchev–Trinajstić information content (AvgIpc) is 2.52. The lowest BCUT2D eigenvalue weighted by Crippen LogP contribution is -2.34. The van der Waals surface area contributed by atoms with Crippen LogP contribution >= 0.6 is 0 Å². The lowest BCUT2D eigenvalue weighted by molar-refractivity contribution is 0.0985. The van der Waals surface area contributed by atoms with E-state index in [1.807, 2.05) is 31.2 Å². The van der Waals surface area contributed by atoms with Crippen LogP contribution in [0.5, 0.6) is 0 Å². The van der Waals surface area contributed by atoms with Crippen molar-refractivity contribution in [2.24, 2.45) is 5.73 Å². The van der Waals surface area contributed by atoms with Gasteiger partial charge in [-0.2, -0.15) is 0 Å². The van der Waals surface area contributed by atoms with Gasteiger partial charge in [0.25, 0.3) is 5.91 Å². The van der Waals surface area contributed by atoms with Crippen LogP contribution in [0.25, 0.3) is 0 Å². The molecule has 1 amide bonds. The van der Waals surface area contributed by atoms with Gasteiger partial charge in [-0.3, -0.25) is 9.59 Å². The van der Waals surface area contributed by atoms with Gasteiger partial charge < -0.3 is 15.6 Å². The number of aromatic nitrogens is 1. The number of benzene rings is 1. The molecule has 2 rings (SSSR count). The third kappa shape index (κ3) is 3.38. The number of pyridine rings is 1.